The van der Waals surface area contributed by atoms with E-state index in [9.17, 15) is 13.2 Å². The van der Waals surface area contributed by atoms with Crippen LogP contribution >= 0.6 is 7.53 Å². The van der Waals surface area contributed by atoms with Crippen LogP contribution in [-0.2, 0) is 6.18 Å². The van der Waals surface area contributed by atoms with Crippen molar-refractivity contribution in [1.82, 2.24) is 9.97 Å². The zero-order valence-corrected chi connectivity index (χ0v) is 20.6. The van der Waals surface area contributed by atoms with Crippen molar-refractivity contribution in [1.29, 1.82) is 0 Å². The maximum atomic E-state index is 13.4. The van der Waals surface area contributed by atoms with E-state index in [0.717, 1.165) is 28.2 Å². The number of aromatic nitrogens is 2. The summed E-state index contributed by atoms with van der Waals surface area (Å²) in [4.78, 5) is 8.54. The van der Waals surface area contributed by atoms with Crippen molar-refractivity contribution in [2.24, 2.45) is 0 Å². The van der Waals surface area contributed by atoms with Crippen LogP contribution in [0.4, 0.5) is 13.2 Å². The SMILES string of the molecule is Cc1ccnc(-p2c3ccccc3c3ccc(-c4cccc(Oc5ncccc5C(F)(F)F)c4)cc32)c1. The third-order valence-electron chi connectivity index (χ3n) is 6.26. The second-order valence-electron chi connectivity index (χ2n) is 8.76. The Morgan fingerprint density at radius 1 is 0.703 bits per heavy atom. The van der Waals surface area contributed by atoms with Crippen LogP contribution in [0.5, 0.6) is 11.6 Å². The lowest BCUT2D eigenvalue weighted by Crippen LogP contribution is -2.08. The van der Waals surface area contributed by atoms with Gasteiger partial charge in [-0.25, -0.2) is 4.98 Å². The number of halogens is 3. The highest BCUT2D eigenvalue weighted by atomic mass is 31.1. The van der Waals surface area contributed by atoms with Gasteiger partial charge >= 0.3 is 6.18 Å². The lowest BCUT2D eigenvalue weighted by Gasteiger charge is -2.13. The van der Waals surface area contributed by atoms with Gasteiger partial charge in [0, 0.05) is 22.6 Å². The molecule has 7 heteroatoms. The third-order valence-corrected chi connectivity index (χ3v) is 8.69. The van der Waals surface area contributed by atoms with Gasteiger partial charge in [0.1, 0.15) is 11.3 Å². The van der Waals surface area contributed by atoms with Crippen molar-refractivity contribution in [2.45, 2.75) is 13.1 Å². The number of pyridine rings is 2. The van der Waals surface area contributed by atoms with Crippen LogP contribution in [0.3, 0.4) is 0 Å². The van der Waals surface area contributed by atoms with Gasteiger partial charge in [-0.3, -0.25) is 4.98 Å². The normalized spacial score (nSPS) is 12.3. The molecule has 182 valence electrons. The van der Waals surface area contributed by atoms with E-state index in [1.54, 1.807) is 18.2 Å². The van der Waals surface area contributed by atoms with Gasteiger partial charge < -0.3 is 4.74 Å². The average molecular weight is 512 g/mol. The quantitative estimate of drug-likeness (QED) is 0.236. The molecule has 0 saturated carbocycles. The first-order valence-corrected chi connectivity index (χ1v) is 13.0. The molecule has 0 fully saturated rings. The molecule has 0 aliphatic carbocycles. The van der Waals surface area contributed by atoms with Crippen molar-refractivity contribution >= 4 is 28.5 Å². The fraction of sp³-hybridized carbons (Fsp3) is 0.0667. The third kappa shape index (κ3) is 4.34. The van der Waals surface area contributed by atoms with Gasteiger partial charge in [-0.05, 0) is 82.9 Å². The highest BCUT2D eigenvalue weighted by Crippen LogP contribution is 2.55. The second-order valence-corrected chi connectivity index (χ2v) is 10.9. The van der Waals surface area contributed by atoms with Gasteiger partial charge in [-0.2, -0.15) is 13.2 Å². The number of rotatable bonds is 4. The summed E-state index contributed by atoms with van der Waals surface area (Å²) >= 11 is 0. The number of hydrogen-bond donors (Lipinski definition) is 0. The summed E-state index contributed by atoms with van der Waals surface area (Å²) in [5.74, 6) is -0.182. The molecule has 0 spiro atoms. The molecule has 3 heterocycles. The van der Waals surface area contributed by atoms with Crippen molar-refractivity contribution < 1.29 is 17.9 Å². The average Bonchev–Trinajstić information content (AvgIpc) is 3.22. The van der Waals surface area contributed by atoms with Crippen LogP contribution in [-0.4, -0.2) is 9.97 Å². The Morgan fingerprint density at radius 2 is 1.51 bits per heavy atom. The molecule has 6 rings (SSSR count). The van der Waals surface area contributed by atoms with E-state index in [1.165, 1.54) is 33.3 Å². The number of nitrogens with zero attached hydrogens (tertiary/aromatic N) is 2. The molecule has 3 aromatic heterocycles. The Bertz CT molecular complexity index is 1770. The Morgan fingerprint density at radius 3 is 2.35 bits per heavy atom. The predicted molar refractivity (Wildman–Crippen MR) is 143 cm³/mol. The zero-order valence-electron chi connectivity index (χ0n) is 19.7. The van der Waals surface area contributed by atoms with Crippen LogP contribution in [0.15, 0.2) is 103 Å². The lowest BCUT2D eigenvalue weighted by molar-refractivity contribution is -0.138. The van der Waals surface area contributed by atoms with Crippen LogP contribution in [0.1, 0.15) is 11.1 Å². The van der Waals surface area contributed by atoms with E-state index < -0.39 is 25.2 Å². The number of alkyl halides is 3. The Balaban J connectivity index is 1.47. The molecule has 6 aromatic rings. The standard InChI is InChI=1S/C30H20F3N2OP/c1-19-13-15-34-28(16-19)37-26-10-3-2-8-23(26)24-12-11-21(18-27(24)37)20-6-4-7-22(17-20)36-29-25(30(31,32)33)9-5-14-35-29/h2-18H,1H3. The highest BCUT2D eigenvalue weighted by Gasteiger charge is 2.35. The number of hydrogen-bond acceptors (Lipinski definition) is 3. The van der Waals surface area contributed by atoms with E-state index in [1.807, 2.05) is 30.5 Å². The van der Waals surface area contributed by atoms with E-state index >= 15 is 0 Å². The van der Waals surface area contributed by atoms with Gasteiger partial charge in [0.15, 0.2) is 0 Å². The summed E-state index contributed by atoms with van der Waals surface area (Å²) in [6.07, 6.45) is -1.42. The van der Waals surface area contributed by atoms with Crippen LogP contribution in [0.2, 0.25) is 0 Å². The Kier molecular flexibility index (Phi) is 5.69. The van der Waals surface area contributed by atoms with Gasteiger partial charge in [-0.15, -0.1) is 0 Å². The summed E-state index contributed by atoms with van der Waals surface area (Å²) in [6.45, 7) is 2.07. The summed E-state index contributed by atoms with van der Waals surface area (Å²) in [5.41, 5.74) is 3.09. The minimum Gasteiger partial charge on any atom is -0.438 e. The number of benzene rings is 3. The molecule has 0 aliphatic heterocycles. The topological polar surface area (TPSA) is 35.0 Å². The maximum Gasteiger partial charge on any atom is 0.421 e. The van der Waals surface area contributed by atoms with Crippen molar-refractivity contribution in [3.63, 3.8) is 0 Å². The summed E-state index contributed by atoms with van der Waals surface area (Å²) in [7, 11) is -0.837. The maximum absolute atomic E-state index is 13.4. The molecule has 0 radical (unpaired) electrons. The molecule has 0 amide bonds. The van der Waals surface area contributed by atoms with E-state index in [0.29, 0.717) is 0 Å². The predicted octanol–water partition coefficient (Wildman–Crippen LogP) is 9.55. The van der Waals surface area contributed by atoms with Crippen LogP contribution in [0.25, 0.3) is 37.6 Å². The van der Waals surface area contributed by atoms with Gasteiger partial charge in [0.25, 0.3) is 0 Å². The first-order valence-electron chi connectivity index (χ1n) is 11.7. The summed E-state index contributed by atoms with van der Waals surface area (Å²) < 4.78 is 45.8. The molecule has 1 unspecified atom stereocenters. The van der Waals surface area contributed by atoms with E-state index in [2.05, 4.69) is 48.3 Å². The van der Waals surface area contributed by atoms with Gasteiger partial charge in [-0.1, -0.05) is 50.0 Å². The van der Waals surface area contributed by atoms with Crippen LogP contribution < -0.4 is 4.74 Å². The van der Waals surface area contributed by atoms with E-state index in [4.69, 9.17) is 9.72 Å². The monoisotopic (exact) mass is 512 g/mol. The Labute approximate surface area is 212 Å². The molecule has 37 heavy (non-hydrogen) atoms. The second kappa shape index (κ2) is 9.06. The fourth-order valence-electron chi connectivity index (χ4n) is 4.58. The minimum atomic E-state index is -4.56. The lowest BCUT2D eigenvalue weighted by atomic mass is 10.0. The molecule has 3 nitrogen and oxygen atoms in total. The molecule has 0 aliphatic rings. The molecule has 1 atom stereocenters. The molecule has 3 aromatic carbocycles. The molecular weight excluding hydrogens is 492 g/mol. The largest absolute Gasteiger partial charge is 0.438 e. The number of fused-ring (bicyclic) bond motifs is 3. The molecular formula is C30H20F3N2OP. The highest BCUT2D eigenvalue weighted by molar-refractivity contribution is 7.67. The first-order chi connectivity index (χ1) is 17.9. The number of ether oxygens (including phenoxy) is 1. The van der Waals surface area contributed by atoms with Crippen LogP contribution in [0, 0.1) is 6.92 Å². The minimum absolute atomic E-state index is 0.285. The molecule has 0 N–H and O–H groups in total. The van der Waals surface area contributed by atoms with E-state index in [-0.39, 0.29) is 5.75 Å². The van der Waals surface area contributed by atoms with Gasteiger partial charge in [0.05, 0.1) is 5.44 Å². The van der Waals surface area contributed by atoms with Gasteiger partial charge in [0.2, 0.25) is 5.88 Å². The molecule has 0 saturated heterocycles. The fourth-order valence-corrected chi connectivity index (χ4v) is 7.22. The first kappa shape index (κ1) is 23.3. The van der Waals surface area contributed by atoms with Crippen molar-refractivity contribution in [2.75, 3.05) is 0 Å². The summed E-state index contributed by atoms with van der Waals surface area (Å²) in [5, 5.41) is 4.88. The van der Waals surface area contributed by atoms with Crippen molar-refractivity contribution in [3.05, 3.63) is 115 Å². The Hall–Kier alpha value is -4.15. The van der Waals surface area contributed by atoms with Crippen molar-refractivity contribution in [3.8, 4) is 28.2 Å². The number of aryl methyl sites for hydroxylation is 1. The summed E-state index contributed by atoms with van der Waals surface area (Å²) in [6, 6.07) is 28.2. The zero-order chi connectivity index (χ0) is 25.6. The smallest absolute Gasteiger partial charge is 0.421 e. The molecule has 0 bridgehead atoms.